The summed E-state index contributed by atoms with van der Waals surface area (Å²) >= 11 is 0. The molecule has 0 bridgehead atoms. The van der Waals surface area contributed by atoms with Gasteiger partial charge >= 0.3 is 0 Å². The Morgan fingerprint density at radius 3 is 2.30 bits per heavy atom. The number of hydrogen-bond donors (Lipinski definition) is 0. The first kappa shape index (κ1) is 16.6. The Balaban J connectivity index is 3.85. The van der Waals surface area contributed by atoms with E-state index >= 15 is 0 Å². The molecule has 0 unspecified atom stereocenters. The molecule has 0 saturated heterocycles. The largest absolute Gasteiger partial charge is 0.496 e. The molecular formula is C19H28O. The van der Waals surface area contributed by atoms with Crippen molar-refractivity contribution >= 4 is 6.08 Å². The van der Waals surface area contributed by atoms with Crippen molar-refractivity contribution in [2.45, 2.75) is 59.3 Å². The lowest BCUT2D eigenvalue weighted by atomic mass is 9.80. The van der Waals surface area contributed by atoms with Crippen molar-refractivity contribution in [2.24, 2.45) is 0 Å². The third-order valence-electron chi connectivity index (χ3n) is 3.70. The normalized spacial score (nSPS) is 11.4. The van der Waals surface area contributed by atoms with Gasteiger partial charge in [0.05, 0.1) is 7.11 Å². The molecule has 1 rings (SSSR count). The summed E-state index contributed by atoms with van der Waals surface area (Å²) in [6, 6.07) is 2.32. The first-order chi connectivity index (χ1) is 9.27. The minimum absolute atomic E-state index is 0.0466. The zero-order valence-electron chi connectivity index (χ0n) is 14.1. The number of ether oxygens (including phenoxy) is 1. The summed E-state index contributed by atoms with van der Waals surface area (Å²) in [5, 5.41) is 0. The fourth-order valence-corrected chi connectivity index (χ4v) is 2.69. The molecule has 0 spiro atoms. The van der Waals surface area contributed by atoms with Gasteiger partial charge in [-0.05, 0) is 35.0 Å². The molecule has 0 radical (unpaired) electrons. The van der Waals surface area contributed by atoms with Gasteiger partial charge in [-0.1, -0.05) is 54.2 Å². The lowest BCUT2D eigenvalue weighted by Crippen LogP contribution is -2.16. The summed E-state index contributed by atoms with van der Waals surface area (Å²) in [4.78, 5) is 0. The Labute approximate surface area is 124 Å². The fraction of sp³-hybridized carbons (Fsp3) is 0.526. The molecule has 0 saturated carbocycles. The molecule has 0 aliphatic rings. The van der Waals surface area contributed by atoms with Gasteiger partial charge in [0.1, 0.15) is 5.75 Å². The van der Waals surface area contributed by atoms with Gasteiger partial charge in [0, 0.05) is 11.1 Å². The Hall–Kier alpha value is -1.46. The molecule has 110 valence electrons. The average Bonchev–Trinajstić information content (AvgIpc) is 2.36. The van der Waals surface area contributed by atoms with Crippen LogP contribution in [0.3, 0.4) is 0 Å². The van der Waals surface area contributed by atoms with Crippen LogP contribution in [0, 0.1) is 0 Å². The van der Waals surface area contributed by atoms with Gasteiger partial charge in [0.2, 0.25) is 0 Å². The Kier molecular flexibility index (Phi) is 5.25. The van der Waals surface area contributed by atoms with Crippen LogP contribution in [-0.2, 0) is 11.8 Å². The predicted octanol–water partition coefficient (Wildman–Crippen LogP) is 5.48. The first-order valence-corrected chi connectivity index (χ1v) is 7.37. The highest BCUT2D eigenvalue weighted by molar-refractivity contribution is 5.67. The summed E-state index contributed by atoms with van der Waals surface area (Å²) in [6.07, 6.45) is 2.95. The van der Waals surface area contributed by atoms with E-state index in [-0.39, 0.29) is 5.41 Å². The van der Waals surface area contributed by atoms with Crippen LogP contribution in [0.1, 0.15) is 69.7 Å². The zero-order valence-corrected chi connectivity index (χ0v) is 14.1. The van der Waals surface area contributed by atoms with E-state index in [1.165, 1.54) is 16.7 Å². The van der Waals surface area contributed by atoms with E-state index in [2.05, 4.69) is 59.9 Å². The van der Waals surface area contributed by atoms with E-state index in [4.69, 9.17) is 4.74 Å². The van der Waals surface area contributed by atoms with Crippen molar-refractivity contribution in [3.63, 3.8) is 0 Å². The number of methoxy groups -OCH3 is 1. The van der Waals surface area contributed by atoms with Crippen LogP contribution < -0.4 is 4.74 Å². The number of hydrogen-bond acceptors (Lipinski definition) is 1. The molecule has 1 nitrogen and oxygen atoms in total. The molecule has 0 atom stereocenters. The molecular weight excluding hydrogens is 244 g/mol. The van der Waals surface area contributed by atoms with Gasteiger partial charge in [0.15, 0.2) is 0 Å². The topological polar surface area (TPSA) is 9.23 Å². The van der Waals surface area contributed by atoms with Crippen molar-refractivity contribution in [1.29, 1.82) is 0 Å². The molecule has 0 heterocycles. The fourth-order valence-electron chi connectivity index (χ4n) is 2.69. The van der Waals surface area contributed by atoms with Gasteiger partial charge in [-0.15, -0.1) is 5.73 Å². The highest BCUT2D eigenvalue weighted by Crippen LogP contribution is 2.40. The van der Waals surface area contributed by atoms with Crippen LogP contribution in [-0.4, -0.2) is 7.11 Å². The zero-order chi connectivity index (χ0) is 15.5. The summed E-state index contributed by atoms with van der Waals surface area (Å²) in [7, 11) is 1.75. The second kappa shape index (κ2) is 6.33. The van der Waals surface area contributed by atoms with Crippen LogP contribution >= 0.6 is 0 Å². The SMILES string of the molecule is C=C=Cc1c(CC)c(C(C)C)cc(C(C)(C)C)c1OC. The van der Waals surface area contributed by atoms with E-state index in [0.717, 1.165) is 17.7 Å². The molecule has 0 fully saturated rings. The molecule has 1 heteroatoms. The Morgan fingerprint density at radius 2 is 1.95 bits per heavy atom. The average molecular weight is 272 g/mol. The van der Waals surface area contributed by atoms with Crippen LogP contribution in [0.15, 0.2) is 18.4 Å². The maximum Gasteiger partial charge on any atom is 0.130 e. The minimum Gasteiger partial charge on any atom is -0.496 e. The van der Waals surface area contributed by atoms with Crippen molar-refractivity contribution in [3.8, 4) is 5.75 Å². The number of rotatable bonds is 4. The minimum atomic E-state index is 0.0466. The molecule has 20 heavy (non-hydrogen) atoms. The molecule has 0 aliphatic carbocycles. The Bertz CT molecular complexity index is 524. The smallest absolute Gasteiger partial charge is 0.130 e. The second-order valence-electron chi connectivity index (χ2n) is 6.55. The molecule has 0 amide bonds. The monoisotopic (exact) mass is 272 g/mol. The Morgan fingerprint density at radius 1 is 1.35 bits per heavy atom. The molecule has 0 aliphatic heterocycles. The first-order valence-electron chi connectivity index (χ1n) is 7.37. The summed E-state index contributed by atoms with van der Waals surface area (Å²) < 4.78 is 5.73. The predicted molar refractivity (Wildman–Crippen MR) is 88.8 cm³/mol. The van der Waals surface area contributed by atoms with Crippen molar-refractivity contribution in [3.05, 3.63) is 40.6 Å². The van der Waals surface area contributed by atoms with Gasteiger partial charge in [0.25, 0.3) is 0 Å². The standard InChI is InChI=1S/C19H28O/c1-9-11-15-14(10-2)16(13(3)4)12-17(18(15)20-8)19(5,6)7/h11-13H,1,10H2,2-8H3. The quantitative estimate of drug-likeness (QED) is 0.660. The third kappa shape index (κ3) is 3.16. The van der Waals surface area contributed by atoms with Crippen molar-refractivity contribution in [2.75, 3.05) is 7.11 Å². The van der Waals surface area contributed by atoms with E-state index in [9.17, 15) is 0 Å². The maximum atomic E-state index is 5.73. The van der Waals surface area contributed by atoms with Gasteiger partial charge in [-0.2, -0.15) is 0 Å². The van der Waals surface area contributed by atoms with Crippen LogP contribution in [0.25, 0.3) is 6.08 Å². The lowest BCUT2D eigenvalue weighted by molar-refractivity contribution is 0.395. The van der Waals surface area contributed by atoms with Gasteiger partial charge in [-0.25, -0.2) is 0 Å². The van der Waals surface area contributed by atoms with Crippen molar-refractivity contribution in [1.82, 2.24) is 0 Å². The van der Waals surface area contributed by atoms with Crippen LogP contribution in [0.2, 0.25) is 0 Å². The highest BCUT2D eigenvalue weighted by atomic mass is 16.5. The maximum absolute atomic E-state index is 5.73. The summed E-state index contributed by atoms with van der Waals surface area (Å²) in [5.41, 5.74) is 8.11. The lowest BCUT2D eigenvalue weighted by Gasteiger charge is -2.27. The summed E-state index contributed by atoms with van der Waals surface area (Å²) in [6.45, 7) is 17.1. The van der Waals surface area contributed by atoms with Crippen molar-refractivity contribution < 1.29 is 4.74 Å². The van der Waals surface area contributed by atoms with Gasteiger partial charge < -0.3 is 4.74 Å². The van der Waals surface area contributed by atoms with Gasteiger partial charge in [-0.3, -0.25) is 0 Å². The van der Waals surface area contributed by atoms with Crippen LogP contribution in [0.4, 0.5) is 0 Å². The van der Waals surface area contributed by atoms with E-state index in [1.807, 2.05) is 6.08 Å². The van der Waals surface area contributed by atoms with E-state index in [1.54, 1.807) is 7.11 Å². The molecule has 1 aromatic carbocycles. The van der Waals surface area contributed by atoms with Crippen LogP contribution in [0.5, 0.6) is 5.75 Å². The van der Waals surface area contributed by atoms with E-state index < -0.39 is 0 Å². The number of benzene rings is 1. The van der Waals surface area contributed by atoms with E-state index in [0.29, 0.717) is 5.92 Å². The molecule has 0 N–H and O–H groups in total. The molecule has 0 aromatic heterocycles. The summed E-state index contributed by atoms with van der Waals surface area (Å²) in [5.74, 6) is 1.46. The second-order valence-corrected chi connectivity index (χ2v) is 6.55. The third-order valence-corrected chi connectivity index (χ3v) is 3.70. The highest BCUT2D eigenvalue weighted by Gasteiger charge is 2.25. The molecule has 1 aromatic rings.